The maximum absolute atomic E-state index is 12.1. The Hall–Kier alpha value is -1.31. The van der Waals surface area contributed by atoms with Crippen molar-refractivity contribution < 1.29 is 9.90 Å². The summed E-state index contributed by atoms with van der Waals surface area (Å²) in [6.45, 7) is 6.26. The third kappa shape index (κ3) is 2.10. The normalized spacial score (nSPS) is 38.6. The number of carbonyl (C=O) groups excluding carboxylic acids is 1. The first kappa shape index (κ1) is 15.2. The molecule has 5 unspecified atom stereocenters. The molecular weight excluding hydrogens is 284 g/mol. The molecule has 0 amide bonds. The average Bonchev–Trinajstić information content (AvgIpc) is 2.84. The van der Waals surface area contributed by atoms with Crippen LogP contribution in [0.25, 0.3) is 0 Å². The van der Waals surface area contributed by atoms with E-state index in [1.165, 1.54) is 36.0 Å². The summed E-state index contributed by atoms with van der Waals surface area (Å²) < 4.78 is 0. The highest BCUT2D eigenvalue weighted by Crippen LogP contribution is 2.63. The smallest absolute Gasteiger partial charge is 0.133 e. The third-order valence-electron chi connectivity index (χ3n) is 7.46. The van der Waals surface area contributed by atoms with Gasteiger partial charge in [0, 0.05) is 5.92 Å². The van der Waals surface area contributed by atoms with Crippen LogP contribution in [-0.4, -0.2) is 10.9 Å². The zero-order valence-electron chi connectivity index (χ0n) is 14.6. The van der Waals surface area contributed by atoms with Crippen LogP contribution in [-0.2, 0) is 11.2 Å². The highest BCUT2D eigenvalue weighted by Gasteiger charge is 2.55. The van der Waals surface area contributed by atoms with Gasteiger partial charge in [0.2, 0.25) is 0 Å². The van der Waals surface area contributed by atoms with Gasteiger partial charge in [-0.05, 0) is 98.3 Å². The number of ketones is 1. The molecule has 1 aromatic carbocycles. The van der Waals surface area contributed by atoms with Gasteiger partial charge in [-0.1, -0.05) is 13.0 Å². The quantitative estimate of drug-likeness (QED) is 0.811. The van der Waals surface area contributed by atoms with Crippen molar-refractivity contribution >= 4 is 5.78 Å². The summed E-state index contributed by atoms with van der Waals surface area (Å²) in [6, 6.07) is 4.22. The summed E-state index contributed by atoms with van der Waals surface area (Å²) in [5, 5.41) is 10.3. The van der Waals surface area contributed by atoms with E-state index in [1.807, 2.05) is 6.07 Å². The van der Waals surface area contributed by atoms with Gasteiger partial charge < -0.3 is 5.11 Å². The second-order valence-electron chi connectivity index (χ2n) is 8.55. The van der Waals surface area contributed by atoms with Gasteiger partial charge in [0.15, 0.2) is 0 Å². The monoisotopic (exact) mass is 312 g/mol. The van der Waals surface area contributed by atoms with Crippen LogP contribution >= 0.6 is 0 Å². The van der Waals surface area contributed by atoms with E-state index in [-0.39, 0.29) is 11.3 Å². The molecule has 1 aromatic rings. The first-order valence-electron chi connectivity index (χ1n) is 9.24. The summed E-state index contributed by atoms with van der Waals surface area (Å²) in [4.78, 5) is 12.1. The number of hydrogen-bond acceptors (Lipinski definition) is 2. The summed E-state index contributed by atoms with van der Waals surface area (Å²) in [5.74, 6) is 3.16. The fourth-order valence-electron chi connectivity index (χ4n) is 6.48. The Balaban J connectivity index is 1.72. The van der Waals surface area contributed by atoms with E-state index in [9.17, 15) is 9.90 Å². The summed E-state index contributed by atoms with van der Waals surface area (Å²) in [5.41, 5.74) is 3.99. The minimum absolute atomic E-state index is 0.219. The number of Topliss-reactive ketones (excluding diaryl/α,β-unsaturated/α-hetero) is 1. The van der Waals surface area contributed by atoms with Gasteiger partial charge in [0.1, 0.15) is 11.5 Å². The van der Waals surface area contributed by atoms with Gasteiger partial charge in [0.05, 0.1) is 0 Å². The van der Waals surface area contributed by atoms with E-state index in [4.69, 9.17) is 0 Å². The number of phenols is 1. The van der Waals surface area contributed by atoms with E-state index in [0.717, 1.165) is 19.3 Å². The molecule has 2 nitrogen and oxygen atoms in total. The Kier molecular flexibility index (Phi) is 3.37. The zero-order valence-corrected chi connectivity index (χ0v) is 14.6. The predicted octanol–water partition coefficient (Wildman–Crippen LogP) is 4.76. The van der Waals surface area contributed by atoms with E-state index in [0.29, 0.717) is 29.3 Å². The Morgan fingerprint density at radius 3 is 2.74 bits per heavy atom. The van der Waals surface area contributed by atoms with Crippen LogP contribution in [0, 0.1) is 30.1 Å². The molecule has 2 fully saturated rings. The molecular formula is C21H28O2. The molecule has 0 saturated heterocycles. The van der Waals surface area contributed by atoms with Crippen LogP contribution in [0.4, 0.5) is 0 Å². The largest absolute Gasteiger partial charge is 0.508 e. The Labute approximate surface area is 139 Å². The van der Waals surface area contributed by atoms with E-state index >= 15 is 0 Å². The fourth-order valence-corrected chi connectivity index (χ4v) is 6.48. The van der Waals surface area contributed by atoms with Gasteiger partial charge in [-0.25, -0.2) is 0 Å². The highest BCUT2D eigenvalue weighted by molar-refractivity contribution is 5.79. The van der Waals surface area contributed by atoms with Crippen LogP contribution in [0.15, 0.2) is 12.1 Å². The molecule has 124 valence electrons. The van der Waals surface area contributed by atoms with Crippen molar-refractivity contribution in [1.82, 2.24) is 0 Å². The number of phenolic OH excluding ortho intramolecular Hbond substituents is 1. The molecule has 3 aliphatic carbocycles. The van der Waals surface area contributed by atoms with Crippen molar-refractivity contribution in [3.8, 4) is 5.75 Å². The standard InChI is InChI=1S/C21H28O2/c1-12-10-17-14-8-9-21(3)18(13(2)22)6-7-19(21)15(14)4-5-16(17)20(23)11-12/h10-11,14-15,18-19,23H,4-9H2,1-3H3. The van der Waals surface area contributed by atoms with E-state index < -0.39 is 0 Å². The predicted molar refractivity (Wildman–Crippen MR) is 91.6 cm³/mol. The first-order valence-corrected chi connectivity index (χ1v) is 9.24. The first-order chi connectivity index (χ1) is 10.9. The molecule has 0 heterocycles. The van der Waals surface area contributed by atoms with Gasteiger partial charge in [-0.2, -0.15) is 0 Å². The molecule has 0 spiro atoms. The molecule has 5 atom stereocenters. The number of rotatable bonds is 1. The Bertz CT molecular complexity index is 662. The lowest BCUT2D eigenvalue weighted by atomic mass is 9.54. The lowest BCUT2D eigenvalue weighted by molar-refractivity contribution is -0.125. The second-order valence-corrected chi connectivity index (χ2v) is 8.55. The summed E-state index contributed by atoms with van der Waals surface area (Å²) in [6.07, 6.45) is 6.83. The summed E-state index contributed by atoms with van der Waals surface area (Å²) >= 11 is 0. The number of aryl methyl sites for hydroxylation is 1. The highest BCUT2D eigenvalue weighted by atomic mass is 16.3. The minimum Gasteiger partial charge on any atom is -0.508 e. The van der Waals surface area contributed by atoms with Crippen molar-refractivity contribution in [3.05, 3.63) is 28.8 Å². The van der Waals surface area contributed by atoms with Crippen molar-refractivity contribution in [2.75, 3.05) is 0 Å². The van der Waals surface area contributed by atoms with Gasteiger partial charge in [-0.15, -0.1) is 0 Å². The molecule has 0 aromatic heterocycles. The van der Waals surface area contributed by atoms with E-state index in [2.05, 4.69) is 19.9 Å². The molecule has 4 rings (SSSR count). The lowest BCUT2D eigenvalue weighted by Crippen LogP contribution is -2.43. The van der Waals surface area contributed by atoms with Gasteiger partial charge >= 0.3 is 0 Å². The molecule has 3 aliphatic rings. The van der Waals surface area contributed by atoms with Crippen molar-refractivity contribution in [1.29, 1.82) is 0 Å². The van der Waals surface area contributed by atoms with Gasteiger partial charge in [-0.3, -0.25) is 4.79 Å². The minimum atomic E-state index is 0.219. The number of fused-ring (bicyclic) bond motifs is 5. The van der Waals surface area contributed by atoms with Crippen LogP contribution < -0.4 is 0 Å². The van der Waals surface area contributed by atoms with Crippen LogP contribution in [0.1, 0.15) is 68.6 Å². The third-order valence-corrected chi connectivity index (χ3v) is 7.46. The second kappa shape index (κ2) is 5.09. The molecule has 0 bridgehead atoms. The van der Waals surface area contributed by atoms with Crippen LogP contribution in [0.5, 0.6) is 5.75 Å². The van der Waals surface area contributed by atoms with Gasteiger partial charge in [0.25, 0.3) is 0 Å². The fraction of sp³-hybridized carbons (Fsp3) is 0.667. The Morgan fingerprint density at radius 1 is 1.22 bits per heavy atom. The molecule has 23 heavy (non-hydrogen) atoms. The van der Waals surface area contributed by atoms with Crippen molar-refractivity contribution in [3.63, 3.8) is 0 Å². The van der Waals surface area contributed by atoms with Crippen molar-refractivity contribution in [2.45, 2.75) is 65.2 Å². The number of carbonyl (C=O) groups is 1. The molecule has 1 N–H and O–H groups in total. The van der Waals surface area contributed by atoms with Crippen LogP contribution in [0.3, 0.4) is 0 Å². The lowest BCUT2D eigenvalue weighted by Gasteiger charge is -2.50. The number of benzene rings is 1. The molecule has 2 heteroatoms. The number of hydrogen-bond donors (Lipinski definition) is 1. The molecule has 2 saturated carbocycles. The maximum atomic E-state index is 12.1. The maximum Gasteiger partial charge on any atom is 0.133 e. The average molecular weight is 312 g/mol. The van der Waals surface area contributed by atoms with E-state index in [1.54, 1.807) is 6.92 Å². The number of aromatic hydroxyl groups is 1. The molecule has 0 radical (unpaired) electrons. The van der Waals surface area contributed by atoms with Crippen LogP contribution in [0.2, 0.25) is 0 Å². The SMILES string of the molecule is CC(=O)C1CCC2C3CCc4c(O)cc(C)cc4C3CCC12C. The zero-order chi connectivity index (χ0) is 16.4. The van der Waals surface area contributed by atoms with Crippen molar-refractivity contribution in [2.24, 2.45) is 23.2 Å². The Morgan fingerprint density at radius 2 is 2.00 bits per heavy atom. The topological polar surface area (TPSA) is 37.3 Å². The summed E-state index contributed by atoms with van der Waals surface area (Å²) in [7, 11) is 0. The molecule has 0 aliphatic heterocycles.